The first-order valence-electron chi connectivity index (χ1n) is 11.6. The molecule has 3 rings (SSSR count). The van der Waals surface area contributed by atoms with Gasteiger partial charge in [-0.3, -0.25) is 0 Å². The number of hydrogen-bond donors (Lipinski definition) is 0. The molecule has 0 spiro atoms. The number of allylic oxidation sites excluding steroid dienone is 4. The van der Waals surface area contributed by atoms with Gasteiger partial charge in [-0.15, -0.1) is 0 Å². The average Bonchev–Trinajstić information content (AvgIpc) is 2.67. The Morgan fingerprint density at radius 2 is 0.935 bits per heavy atom. The van der Waals surface area contributed by atoms with Crippen LogP contribution in [0.25, 0.3) is 0 Å². The average molecular weight is 434 g/mol. The van der Waals surface area contributed by atoms with Crippen molar-refractivity contribution in [1.29, 1.82) is 0 Å². The maximum Gasteiger partial charge on any atom is 0.166 e. The van der Waals surface area contributed by atoms with Gasteiger partial charge in [-0.2, -0.15) is 0 Å². The zero-order valence-electron chi connectivity index (χ0n) is 21.1. The van der Waals surface area contributed by atoms with Gasteiger partial charge in [0.25, 0.3) is 0 Å². The summed E-state index contributed by atoms with van der Waals surface area (Å²) in [5.74, 6) is 0. The molecule has 31 heavy (non-hydrogen) atoms. The molecule has 0 unspecified atom stereocenters. The van der Waals surface area contributed by atoms with Crippen LogP contribution in [0.15, 0.2) is 81.0 Å². The van der Waals surface area contributed by atoms with Crippen molar-refractivity contribution in [2.24, 2.45) is 5.41 Å². The van der Waals surface area contributed by atoms with Crippen LogP contribution in [0.4, 0.5) is 0 Å². The summed E-state index contributed by atoms with van der Waals surface area (Å²) in [5, 5.41) is 0. The maximum atomic E-state index is 2.42. The lowest BCUT2D eigenvalue weighted by atomic mass is 9.82. The second-order valence-corrected chi connectivity index (χ2v) is 14.0. The summed E-state index contributed by atoms with van der Waals surface area (Å²) in [4.78, 5) is 4.41. The van der Waals surface area contributed by atoms with E-state index in [4.69, 9.17) is 0 Å². The van der Waals surface area contributed by atoms with Crippen LogP contribution >= 0.6 is 0 Å². The molecule has 0 amide bonds. The second-order valence-electron chi connectivity index (χ2n) is 11.9. The van der Waals surface area contributed by atoms with Crippen LogP contribution in [0.5, 0.6) is 0 Å². The van der Waals surface area contributed by atoms with Crippen molar-refractivity contribution in [3.8, 4) is 0 Å². The minimum Gasteiger partial charge on any atom is -0.0642 e. The molecule has 0 aromatic heterocycles. The fourth-order valence-electron chi connectivity index (χ4n) is 4.03. The summed E-state index contributed by atoms with van der Waals surface area (Å²) in [6.07, 6.45) is 7.13. The third-order valence-electron chi connectivity index (χ3n) is 6.25. The molecule has 166 valence electrons. The number of hydrogen-bond acceptors (Lipinski definition) is 0. The summed E-state index contributed by atoms with van der Waals surface area (Å²) < 4.78 is 0. The quantitative estimate of drug-likeness (QED) is 0.424. The van der Waals surface area contributed by atoms with E-state index < -0.39 is 0 Å². The van der Waals surface area contributed by atoms with Gasteiger partial charge in [0.1, 0.15) is 4.91 Å². The molecule has 0 saturated heterocycles. The lowest BCUT2D eigenvalue weighted by molar-refractivity contribution is 0.481. The van der Waals surface area contributed by atoms with E-state index in [0.717, 1.165) is 6.42 Å². The highest BCUT2D eigenvalue weighted by molar-refractivity contribution is 8.00. The highest BCUT2D eigenvalue weighted by Crippen LogP contribution is 2.40. The second kappa shape index (κ2) is 8.66. The Labute approximate surface area is 194 Å². The van der Waals surface area contributed by atoms with Crippen molar-refractivity contribution in [1.82, 2.24) is 0 Å². The monoisotopic (exact) mass is 433 g/mol. The molecule has 1 heteroatoms. The molecule has 0 N–H and O–H groups in total. The summed E-state index contributed by atoms with van der Waals surface area (Å²) in [5.41, 5.74) is 4.97. The van der Waals surface area contributed by atoms with Gasteiger partial charge in [0.05, 0.1) is 10.9 Å². The van der Waals surface area contributed by atoms with E-state index >= 15 is 0 Å². The van der Waals surface area contributed by atoms with Crippen molar-refractivity contribution in [3.63, 3.8) is 0 Å². The molecule has 0 saturated carbocycles. The number of benzene rings is 2. The predicted molar refractivity (Wildman–Crippen MR) is 139 cm³/mol. The van der Waals surface area contributed by atoms with E-state index in [1.54, 1.807) is 10.5 Å². The Kier molecular flexibility index (Phi) is 6.68. The molecular weight excluding hydrogens is 392 g/mol. The van der Waals surface area contributed by atoms with E-state index in [-0.39, 0.29) is 27.1 Å². The van der Waals surface area contributed by atoms with Gasteiger partial charge in [-0.1, -0.05) is 98.2 Å². The van der Waals surface area contributed by atoms with Crippen LogP contribution in [-0.4, -0.2) is 0 Å². The standard InChI is InChI=1S/C30H41S/c1-28(2,3)22-10-16-25(17-11-22)31(26-18-12-23(13-19-26)29(4,5)6)27-20-14-24(15-21-27)30(7,8)9/h10-14,16-20H,15,21H2,1-9H3/q+1. The first kappa shape index (κ1) is 23.9. The molecule has 0 heterocycles. The van der Waals surface area contributed by atoms with Crippen molar-refractivity contribution >= 4 is 10.9 Å². The Morgan fingerprint density at radius 3 is 1.23 bits per heavy atom. The zero-order chi connectivity index (χ0) is 23.0. The van der Waals surface area contributed by atoms with Crippen LogP contribution < -0.4 is 0 Å². The molecule has 0 fully saturated rings. The molecule has 2 aromatic carbocycles. The summed E-state index contributed by atoms with van der Waals surface area (Å²) in [6.45, 7) is 20.7. The van der Waals surface area contributed by atoms with Crippen LogP contribution in [0.3, 0.4) is 0 Å². The molecule has 1 aliphatic carbocycles. The van der Waals surface area contributed by atoms with Gasteiger partial charge in [0, 0.05) is 6.42 Å². The Morgan fingerprint density at radius 1 is 0.516 bits per heavy atom. The molecule has 0 atom stereocenters. The van der Waals surface area contributed by atoms with Gasteiger partial charge >= 0.3 is 0 Å². The van der Waals surface area contributed by atoms with Gasteiger partial charge in [-0.05, 0) is 64.1 Å². The molecule has 1 aliphatic rings. The Bertz CT molecular complexity index is 892. The minimum atomic E-state index is -0.0330. The van der Waals surface area contributed by atoms with Crippen molar-refractivity contribution in [3.05, 3.63) is 82.3 Å². The van der Waals surface area contributed by atoms with Gasteiger partial charge in [0.15, 0.2) is 9.79 Å². The van der Waals surface area contributed by atoms with E-state index in [1.165, 1.54) is 27.3 Å². The van der Waals surface area contributed by atoms with E-state index in [9.17, 15) is 0 Å². The topological polar surface area (TPSA) is 0 Å². The van der Waals surface area contributed by atoms with Crippen LogP contribution in [-0.2, 0) is 21.7 Å². The first-order valence-corrected chi connectivity index (χ1v) is 12.8. The molecule has 0 aliphatic heterocycles. The van der Waals surface area contributed by atoms with Crippen molar-refractivity contribution < 1.29 is 0 Å². The van der Waals surface area contributed by atoms with Crippen molar-refractivity contribution in [2.75, 3.05) is 0 Å². The Balaban J connectivity index is 2.05. The Hall–Kier alpha value is -1.73. The summed E-state index contributed by atoms with van der Waals surface area (Å²) >= 11 is 0. The fourth-order valence-corrected chi connectivity index (χ4v) is 6.24. The largest absolute Gasteiger partial charge is 0.166 e. The lowest BCUT2D eigenvalue weighted by Gasteiger charge is -2.26. The van der Waals surface area contributed by atoms with Crippen LogP contribution in [0.2, 0.25) is 0 Å². The van der Waals surface area contributed by atoms with Crippen molar-refractivity contribution in [2.45, 2.75) is 95.8 Å². The molecule has 0 radical (unpaired) electrons. The first-order chi connectivity index (χ1) is 14.3. The van der Waals surface area contributed by atoms with Gasteiger partial charge in [-0.25, -0.2) is 0 Å². The maximum absolute atomic E-state index is 2.42. The van der Waals surface area contributed by atoms with E-state index in [0.29, 0.717) is 0 Å². The smallest absolute Gasteiger partial charge is 0.0642 e. The highest BCUT2D eigenvalue weighted by atomic mass is 32.2. The van der Waals surface area contributed by atoms with Gasteiger partial charge in [0.2, 0.25) is 0 Å². The van der Waals surface area contributed by atoms with Gasteiger partial charge < -0.3 is 0 Å². The highest BCUT2D eigenvalue weighted by Gasteiger charge is 2.33. The third kappa shape index (κ3) is 5.75. The number of rotatable bonds is 3. The molecule has 0 bridgehead atoms. The molecule has 2 aromatic rings. The predicted octanol–water partition coefficient (Wildman–Crippen LogP) is 8.97. The third-order valence-corrected chi connectivity index (χ3v) is 8.60. The SMILES string of the molecule is CC(C)(C)C1=CC=C([S+](c2ccc(C(C)(C)C)cc2)c2ccc(C(C)(C)C)cc2)CC1. The van der Waals surface area contributed by atoms with Crippen LogP contribution in [0, 0.1) is 5.41 Å². The fraction of sp³-hybridized carbons (Fsp3) is 0.467. The lowest BCUT2D eigenvalue weighted by Crippen LogP contribution is -2.16. The van der Waals surface area contributed by atoms with Crippen LogP contribution in [0.1, 0.15) is 86.3 Å². The molecule has 0 nitrogen and oxygen atoms in total. The zero-order valence-corrected chi connectivity index (χ0v) is 21.9. The van der Waals surface area contributed by atoms with E-state index in [2.05, 4.69) is 123 Å². The summed E-state index contributed by atoms with van der Waals surface area (Å²) in [7, 11) is -0.0330. The minimum absolute atomic E-state index is 0.0330. The normalized spacial score (nSPS) is 15.7. The molecular formula is C30H41S+. The summed E-state index contributed by atoms with van der Waals surface area (Å²) in [6, 6.07) is 18.8. The van der Waals surface area contributed by atoms with E-state index in [1.807, 2.05) is 0 Å².